The van der Waals surface area contributed by atoms with Crippen molar-refractivity contribution in [2.45, 2.75) is 18.9 Å². The maximum Gasteiger partial charge on any atom is 0.254 e. The average molecular weight is 280 g/mol. The number of nitrogens with one attached hydrogen (secondary N) is 1. The molecule has 0 saturated carbocycles. The van der Waals surface area contributed by atoms with E-state index in [1.807, 2.05) is 0 Å². The van der Waals surface area contributed by atoms with Gasteiger partial charge in [-0.05, 0) is 18.6 Å². The predicted molar refractivity (Wildman–Crippen MR) is 70.6 cm³/mol. The molecule has 1 fully saturated rings. The zero-order valence-electron chi connectivity index (χ0n) is 11.0. The number of rotatable bonds is 4. The van der Waals surface area contributed by atoms with Crippen molar-refractivity contribution in [2.75, 3.05) is 19.6 Å². The second-order valence-corrected chi connectivity index (χ2v) is 4.77. The van der Waals surface area contributed by atoms with Crippen molar-refractivity contribution in [3.8, 4) is 0 Å². The lowest BCUT2D eigenvalue weighted by atomic mass is 10.2. The highest BCUT2D eigenvalue weighted by Crippen LogP contribution is 2.10. The Bertz CT molecular complexity index is 507. The normalized spacial score (nSPS) is 18.1. The number of likely N-dealkylation sites (tertiary alicyclic amines) is 1. The fourth-order valence-corrected chi connectivity index (χ4v) is 2.15. The first kappa shape index (κ1) is 14.5. The fourth-order valence-electron chi connectivity index (χ4n) is 2.15. The number of halogens is 1. The lowest BCUT2D eigenvalue weighted by Crippen LogP contribution is -2.33. The van der Waals surface area contributed by atoms with Crippen molar-refractivity contribution in [2.24, 2.45) is 0 Å². The molecule has 1 saturated heterocycles. The number of β-amino-alcohol motifs (C(OH)–C–C–N with tert-alkyl or cyclic N) is 1. The highest BCUT2D eigenvalue weighted by atomic mass is 19.1. The first-order valence-electron chi connectivity index (χ1n) is 6.56. The van der Waals surface area contributed by atoms with E-state index in [-0.39, 0.29) is 24.4 Å². The molecule has 0 bridgehead atoms. The van der Waals surface area contributed by atoms with Gasteiger partial charge < -0.3 is 15.3 Å². The molecule has 108 valence electrons. The van der Waals surface area contributed by atoms with Crippen LogP contribution in [0, 0.1) is 5.82 Å². The number of hydrogen-bond acceptors (Lipinski definition) is 3. The highest BCUT2D eigenvalue weighted by Gasteiger charge is 2.24. The van der Waals surface area contributed by atoms with Crippen molar-refractivity contribution in [1.29, 1.82) is 0 Å². The third-order valence-electron chi connectivity index (χ3n) is 3.26. The van der Waals surface area contributed by atoms with Crippen LogP contribution in [0.4, 0.5) is 4.39 Å². The summed E-state index contributed by atoms with van der Waals surface area (Å²) >= 11 is 0. The minimum Gasteiger partial charge on any atom is -0.391 e. The van der Waals surface area contributed by atoms with Gasteiger partial charge in [0.25, 0.3) is 5.91 Å². The number of aliphatic hydroxyl groups excluding tert-OH is 1. The zero-order chi connectivity index (χ0) is 14.5. The Kier molecular flexibility index (Phi) is 4.68. The third-order valence-corrected chi connectivity index (χ3v) is 3.26. The van der Waals surface area contributed by atoms with Gasteiger partial charge in [-0.3, -0.25) is 9.59 Å². The molecule has 1 heterocycles. The Labute approximate surface area is 116 Å². The maximum absolute atomic E-state index is 13.4. The van der Waals surface area contributed by atoms with Gasteiger partial charge in [0.1, 0.15) is 5.82 Å². The van der Waals surface area contributed by atoms with Gasteiger partial charge in [0.05, 0.1) is 11.7 Å². The van der Waals surface area contributed by atoms with Crippen LogP contribution in [0.1, 0.15) is 23.2 Å². The van der Waals surface area contributed by atoms with E-state index in [2.05, 4.69) is 5.32 Å². The predicted octanol–water partition coefficient (Wildman–Crippen LogP) is 0.539. The molecule has 2 N–H and O–H groups in total. The molecule has 0 spiro atoms. The van der Waals surface area contributed by atoms with Crippen LogP contribution >= 0.6 is 0 Å². The molecule has 0 aliphatic carbocycles. The van der Waals surface area contributed by atoms with Crippen molar-refractivity contribution in [1.82, 2.24) is 10.2 Å². The summed E-state index contributed by atoms with van der Waals surface area (Å²) in [6.07, 6.45) is 0.284. The largest absolute Gasteiger partial charge is 0.391 e. The van der Waals surface area contributed by atoms with E-state index in [1.54, 1.807) is 11.0 Å². The molecule has 1 aliphatic rings. The SMILES string of the molecule is O=C(NCCC(=O)N1CC[C@@H](O)C1)c1ccccc1F. The number of benzene rings is 1. The van der Waals surface area contributed by atoms with E-state index >= 15 is 0 Å². The minimum absolute atomic E-state index is 0.0310. The van der Waals surface area contributed by atoms with E-state index in [0.29, 0.717) is 19.5 Å². The molecule has 1 aliphatic heterocycles. The summed E-state index contributed by atoms with van der Waals surface area (Å²) in [7, 11) is 0. The number of carbonyl (C=O) groups is 2. The molecule has 0 unspecified atom stereocenters. The number of amides is 2. The maximum atomic E-state index is 13.4. The molecule has 1 aromatic rings. The molecule has 2 amide bonds. The molecule has 1 aromatic carbocycles. The van der Waals surface area contributed by atoms with Crippen LogP contribution in [0.25, 0.3) is 0 Å². The third kappa shape index (κ3) is 3.54. The van der Waals surface area contributed by atoms with Crippen molar-refractivity contribution in [3.05, 3.63) is 35.6 Å². The summed E-state index contributed by atoms with van der Waals surface area (Å²) in [5.41, 5.74) is -0.0310. The monoisotopic (exact) mass is 280 g/mol. The smallest absolute Gasteiger partial charge is 0.254 e. The minimum atomic E-state index is -0.584. The Hall–Kier alpha value is -1.95. The van der Waals surface area contributed by atoms with Crippen LogP contribution < -0.4 is 5.32 Å². The van der Waals surface area contributed by atoms with Gasteiger partial charge >= 0.3 is 0 Å². The van der Waals surface area contributed by atoms with Crippen molar-refractivity contribution >= 4 is 11.8 Å². The van der Waals surface area contributed by atoms with E-state index in [0.717, 1.165) is 0 Å². The molecule has 5 nitrogen and oxygen atoms in total. The first-order valence-corrected chi connectivity index (χ1v) is 6.56. The average Bonchev–Trinajstić information content (AvgIpc) is 2.85. The van der Waals surface area contributed by atoms with Crippen LogP contribution in [0.3, 0.4) is 0 Å². The summed E-state index contributed by atoms with van der Waals surface area (Å²) in [6.45, 7) is 1.04. The molecular formula is C14H17FN2O3. The second-order valence-electron chi connectivity index (χ2n) is 4.77. The van der Waals surface area contributed by atoms with E-state index in [1.165, 1.54) is 18.2 Å². The summed E-state index contributed by atoms with van der Waals surface area (Å²) in [6, 6.07) is 5.69. The van der Waals surface area contributed by atoms with E-state index in [9.17, 15) is 19.1 Å². The molecule has 0 radical (unpaired) electrons. The second kappa shape index (κ2) is 6.47. The zero-order valence-corrected chi connectivity index (χ0v) is 11.0. The summed E-state index contributed by atoms with van der Waals surface area (Å²) < 4.78 is 13.4. The van der Waals surface area contributed by atoms with Crippen molar-refractivity contribution in [3.63, 3.8) is 0 Å². The van der Waals surface area contributed by atoms with Crippen LogP contribution in [0.5, 0.6) is 0 Å². The lowest BCUT2D eigenvalue weighted by Gasteiger charge is -2.15. The molecule has 2 rings (SSSR count). The number of hydrogen-bond donors (Lipinski definition) is 2. The molecular weight excluding hydrogens is 263 g/mol. The Morgan fingerprint density at radius 3 is 2.80 bits per heavy atom. The van der Waals surface area contributed by atoms with Gasteiger partial charge in [-0.15, -0.1) is 0 Å². The molecule has 6 heteroatoms. The number of carbonyl (C=O) groups excluding carboxylic acids is 2. The Balaban J connectivity index is 1.77. The Morgan fingerprint density at radius 1 is 1.40 bits per heavy atom. The molecule has 20 heavy (non-hydrogen) atoms. The van der Waals surface area contributed by atoms with Gasteiger partial charge in [0, 0.05) is 26.1 Å². The molecule has 1 atom stereocenters. The summed E-state index contributed by atoms with van der Waals surface area (Å²) in [4.78, 5) is 25.0. The highest BCUT2D eigenvalue weighted by molar-refractivity contribution is 5.94. The standard InChI is InChI=1S/C14H17FN2O3/c15-12-4-2-1-3-11(12)14(20)16-7-5-13(19)17-8-6-10(18)9-17/h1-4,10,18H,5-9H2,(H,16,20)/t10-/m1/s1. The van der Waals surface area contributed by atoms with Crippen LogP contribution in [0.2, 0.25) is 0 Å². The molecule has 0 aromatic heterocycles. The van der Waals surface area contributed by atoms with Gasteiger partial charge in [-0.25, -0.2) is 4.39 Å². The fraction of sp³-hybridized carbons (Fsp3) is 0.429. The van der Waals surface area contributed by atoms with Crippen molar-refractivity contribution < 1.29 is 19.1 Å². The lowest BCUT2D eigenvalue weighted by molar-refractivity contribution is -0.130. The van der Waals surface area contributed by atoms with Crippen LogP contribution in [0.15, 0.2) is 24.3 Å². The first-order chi connectivity index (χ1) is 9.58. The van der Waals surface area contributed by atoms with E-state index in [4.69, 9.17) is 0 Å². The van der Waals surface area contributed by atoms with Crippen LogP contribution in [-0.2, 0) is 4.79 Å². The van der Waals surface area contributed by atoms with Gasteiger partial charge in [0.15, 0.2) is 0 Å². The number of aliphatic hydroxyl groups is 1. The quantitative estimate of drug-likeness (QED) is 0.845. The van der Waals surface area contributed by atoms with Gasteiger partial charge in [-0.2, -0.15) is 0 Å². The Morgan fingerprint density at radius 2 is 2.15 bits per heavy atom. The van der Waals surface area contributed by atoms with Crippen LogP contribution in [-0.4, -0.2) is 47.6 Å². The summed E-state index contributed by atoms with van der Waals surface area (Å²) in [5, 5.41) is 11.9. The van der Waals surface area contributed by atoms with E-state index < -0.39 is 17.8 Å². The summed E-state index contributed by atoms with van der Waals surface area (Å²) in [5.74, 6) is -1.23. The number of nitrogens with zero attached hydrogens (tertiary/aromatic N) is 1. The van der Waals surface area contributed by atoms with Gasteiger partial charge in [-0.1, -0.05) is 12.1 Å². The topological polar surface area (TPSA) is 69.6 Å². The van der Waals surface area contributed by atoms with Gasteiger partial charge in [0.2, 0.25) is 5.91 Å².